The van der Waals surface area contributed by atoms with Crippen LogP contribution in [0.2, 0.25) is 0 Å². The monoisotopic (exact) mass is 421 g/mol. The molecule has 0 spiro atoms. The van der Waals surface area contributed by atoms with Crippen LogP contribution in [0.5, 0.6) is 28.7 Å². The van der Waals surface area contributed by atoms with E-state index in [2.05, 4.69) is 5.32 Å². The lowest BCUT2D eigenvalue weighted by atomic mass is 10.1. The molecule has 3 aromatic carbocycles. The summed E-state index contributed by atoms with van der Waals surface area (Å²) < 4.78 is 21.9. The van der Waals surface area contributed by atoms with E-state index in [0.717, 1.165) is 16.9 Å². The number of anilines is 1. The Morgan fingerprint density at radius 3 is 2.10 bits per heavy atom. The molecule has 0 unspecified atom stereocenters. The number of aryl methyl sites for hydroxylation is 2. The third-order valence-corrected chi connectivity index (χ3v) is 4.73. The normalized spacial score (nSPS) is 10.3. The molecule has 3 rings (SSSR count). The fourth-order valence-corrected chi connectivity index (χ4v) is 3.18. The Balaban J connectivity index is 1.57. The summed E-state index contributed by atoms with van der Waals surface area (Å²) >= 11 is 0. The van der Waals surface area contributed by atoms with Gasteiger partial charge in [0.1, 0.15) is 11.5 Å². The van der Waals surface area contributed by atoms with E-state index in [0.29, 0.717) is 41.5 Å². The zero-order valence-electron chi connectivity index (χ0n) is 18.2. The van der Waals surface area contributed by atoms with E-state index in [-0.39, 0.29) is 5.91 Å². The molecule has 0 heterocycles. The summed E-state index contributed by atoms with van der Waals surface area (Å²) in [6, 6.07) is 18.9. The SMILES string of the molecule is COc1cc(CCC(=O)Nc2ccc(Oc3cccc(C)c3)cc2)cc(OC)c1OC. The van der Waals surface area contributed by atoms with Gasteiger partial charge in [-0.2, -0.15) is 0 Å². The molecule has 0 bridgehead atoms. The van der Waals surface area contributed by atoms with Crippen LogP contribution in [0.25, 0.3) is 0 Å². The molecule has 1 amide bonds. The Morgan fingerprint density at radius 1 is 0.839 bits per heavy atom. The minimum Gasteiger partial charge on any atom is -0.493 e. The first-order valence-electron chi connectivity index (χ1n) is 9.95. The highest BCUT2D eigenvalue weighted by Crippen LogP contribution is 2.38. The summed E-state index contributed by atoms with van der Waals surface area (Å²) in [6.45, 7) is 2.02. The summed E-state index contributed by atoms with van der Waals surface area (Å²) in [4.78, 5) is 12.4. The average Bonchev–Trinajstić information content (AvgIpc) is 2.78. The number of ether oxygens (including phenoxy) is 4. The van der Waals surface area contributed by atoms with Gasteiger partial charge < -0.3 is 24.3 Å². The highest BCUT2D eigenvalue weighted by molar-refractivity contribution is 5.90. The molecule has 0 aliphatic heterocycles. The van der Waals surface area contributed by atoms with Gasteiger partial charge in [0.15, 0.2) is 11.5 Å². The van der Waals surface area contributed by atoms with Crippen LogP contribution >= 0.6 is 0 Å². The minimum atomic E-state index is -0.0823. The summed E-state index contributed by atoms with van der Waals surface area (Å²) in [7, 11) is 4.70. The first kappa shape index (κ1) is 22.0. The van der Waals surface area contributed by atoms with Crippen LogP contribution in [0, 0.1) is 6.92 Å². The van der Waals surface area contributed by atoms with E-state index in [1.54, 1.807) is 21.3 Å². The van der Waals surface area contributed by atoms with Crippen molar-refractivity contribution in [2.24, 2.45) is 0 Å². The largest absolute Gasteiger partial charge is 0.493 e. The fraction of sp³-hybridized carbons (Fsp3) is 0.240. The molecule has 3 aromatic rings. The van der Waals surface area contributed by atoms with Crippen LogP contribution in [0.3, 0.4) is 0 Å². The quantitative estimate of drug-likeness (QED) is 0.502. The lowest BCUT2D eigenvalue weighted by Crippen LogP contribution is -2.12. The number of amides is 1. The molecule has 0 aliphatic rings. The average molecular weight is 421 g/mol. The minimum absolute atomic E-state index is 0.0823. The number of carbonyl (C=O) groups excluding carboxylic acids is 1. The molecule has 6 heteroatoms. The third-order valence-electron chi connectivity index (χ3n) is 4.73. The first-order valence-corrected chi connectivity index (χ1v) is 9.95. The Bertz CT molecular complexity index is 1010. The van der Waals surface area contributed by atoms with Gasteiger partial charge in [-0.3, -0.25) is 4.79 Å². The molecule has 0 radical (unpaired) electrons. The van der Waals surface area contributed by atoms with Crippen LogP contribution in [0.4, 0.5) is 5.69 Å². The molecule has 0 saturated carbocycles. The van der Waals surface area contributed by atoms with E-state index in [1.807, 2.05) is 67.6 Å². The topological polar surface area (TPSA) is 66.0 Å². The number of carbonyl (C=O) groups is 1. The Morgan fingerprint density at radius 2 is 1.52 bits per heavy atom. The van der Waals surface area contributed by atoms with Crippen LogP contribution in [-0.2, 0) is 11.2 Å². The van der Waals surface area contributed by atoms with Gasteiger partial charge in [-0.25, -0.2) is 0 Å². The van der Waals surface area contributed by atoms with Crippen LogP contribution in [0.15, 0.2) is 60.7 Å². The molecule has 6 nitrogen and oxygen atoms in total. The van der Waals surface area contributed by atoms with Gasteiger partial charge in [0.25, 0.3) is 0 Å². The molecule has 0 aromatic heterocycles. The van der Waals surface area contributed by atoms with Crippen molar-refractivity contribution in [3.63, 3.8) is 0 Å². The Labute approximate surface area is 182 Å². The summed E-state index contributed by atoms with van der Waals surface area (Å²) in [5.41, 5.74) is 2.77. The number of hydrogen-bond acceptors (Lipinski definition) is 5. The van der Waals surface area contributed by atoms with E-state index in [1.165, 1.54) is 0 Å². The van der Waals surface area contributed by atoms with Gasteiger partial charge in [-0.05, 0) is 73.0 Å². The number of hydrogen-bond donors (Lipinski definition) is 1. The highest BCUT2D eigenvalue weighted by atomic mass is 16.5. The van der Waals surface area contributed by atoms with E-state index >= 15 is 0 Å². The molecule has 0 atom stereocenters. The zero-order valence-corrected chi connectivity index (χ0v) is 18.2. The molecule has 0 fully saturated rings. The van der Waals surface area contributed by atoms with Gasteiger partial charge in [0.05, 0.1) is 21.3 Å². The third kappa shape index (κ3) is 5.92. The van der Waals surface area contributed by atoms with Crippen molar-refractivity contribution in [2.45, 2.75) is 19.8 Å². The molecule has 0 aliphatic carbocycles. The first-order chi connectivity index (χ1) is 15.0. The van der Waals surface area contributed by atoms with Gasteiger partial charge in [0.2, 0.25) is 11.7 Å². The maximum absolute atomic E-state index is 12.4. The Hall–Kier alpha value is -3.67. The molecule has 1 N–H and O–H groups in total. The van der Waals surface area contributed by atoms with Crippen LogP contribution in [-0.4, -0.2) is 27.2 Å². The van der Waals surface area contributed by atoms with Crippen molar-refractivity contribution in [1.82, 2.24) is 0 Å². The molecule has 162 valence electrons. The second kappa shape index (κ2) is 10.4. The zero-order chi connectivity index (χ0) is 22.2. The molecular formula is C25H27NO5. The second-order valence-corrected chi connectivity index (χ2v) is 7.02. The lowest BCUT2D eigenvalue weighted by molar-refractivity contribution is -0.116. The van der Waals surface area contributed by atoms with Crippen molar-refractivity contribution in [1.29, 1.82) is 0 Å². The maximum Gasteiger partial charge on any atom is 0.224 e. The second-order valence-electron chi connectivity index (χ2n) is 7.02. The standard InChI is InChI=1S/C25H27NO5/c1-17-6-5-7-21(14-17)31-20-11-9-19(10-12-20)26-24(27)13-8-18-15-22(28-2)25(30-4)23(16-18)29-3/h5-7,9-12,14-16H,8,13H2,1-4H3,(H,26,27). The molecule has 31 heavy (non-hydrogen) atoms. The van der Waals surface area contributed by atoms with Crippen LogP contribution in [0.1, 0.15) is 17.5 Å². The molecular weight excluding hydrogens is 394 g/mol. The van der Waals surface area contributed by atoms with Crippen molar-refractivity contribution < 1.29 is 23.7 Å². The fourth-order valence-electron chi connectivity index (χ4n) is 3.18. The van der Waals surface area contributed by atoms with Gasteiger partial charge in [0, 0.05) is 12.1 Å². The maximum atomic E-state index is 12.4. The van der Waals surface area contributed by atoms with Crippen LogP contribution < -0.4 is 24.3 Å². The number of benzene rings is 3. The summed E-state index contributed by atoms with van der Waals surface area (Å²) in [5.74, 6) is 3.08. The molecule has 0 saturated heterocycles. The van der Waals surface area contributed by atoms with Gasteiger partial charge in [-0.15, -0.1) is 0 Å². The van der Waals surface area contributed by atoms with E-state index in [9.17, 15) is 4.79 Å². The van der Waals surface area contributed by atoms with E-state index in [4.69, 9.17) is 18.9 Å². The van der Waals surface area contributed by atoms with Gasteiger partial charge >= 0.3 is 0 Å². The number of nitrogens with one attached hydrogen (secondary N) is 1. The Kier molecular flexibility index (Phi) is 7.38. The van der Waals surface area contributed by atoms with E-state index < -0.39 is 0 Å². The number of methoxy groups -OCH3 is 3. The van der Waals surface area contributed by atoms with Crippen molar-refractivity contribution >= 4 is 11.6 Å². The lowest BCUT2D eigenvalue weighted by Gasteiger charge is -2.14. The number of rotatable bonds is 9. The van der Waals surface area contributed by atoms with Gasteiger partial charge in [-0.1, -0.05) is 12.1 Å². The summed E-state index contributed by atoms with van der Waals surface area (Å²) in [5, 5.41) is 2.91. The smallest absolute Gasteiger partial charge is 0.224 e. The van der Waals surface area contributed by atoms with Crippen molar-refractivity contribution in [3.05, 3.63) is 71.8 Å². The predicted octanol–water partition coefficient (Wildman–Crippen LogP) is 5.38. The van der Waals surface area contributed by atoms with Crippen molar-refractivity contribution in [3.8, 4) is 28.7 Å². The summed E-state index contributed by atoms with van der Waals surface area (Å²) in [6.07, 6.45) is 0.858. The predicted molar refractivity (Wildman–Crippen MR) is 121 cm³/mol. The van der Waals surface area contributed by atoms with Crippen molar-refractivity contribution in [2.75, 3.05) is 26.6 Å². The highest BCUT2D eigenvalue weighted by Gasteiger charge is 2.14.